The molecule has 2 aliphatic rings. The quantitative estimate of drug-likeness (QED) is 0.655. The number of quaternary nitrogens is 1. The van der Waals surface area contributed by atoms with E-state index in [1.165, 1.54) is 19.6 Å². The molecule has 0 fully saturated rings. The molecule has 0 radical (unpaired) electrons. The second kappa shape index (κ2) is 8.05. The maximum absolute atomic E-state index is 6.30. The van der Waals surface area contributed by atoms with Crippen LogP contribution in [0.4, 0.5) is 0 Å². The second-order valence-electron chi connectivity index (χ2n) is 7.39. The summed E-state index contributed by atoms with van der Waals surface area (Å²) in [4.78, 5) is 1.68. The standard InChI is InChI=1S/C18H13O4Si.C6H15N/c1-2-8-14(9-3-1)23(19-15-10-4-5-11-16(15)20-23)21-17-12-6-7-13-18(17)22-23;1-4-7(5-2)6-3/h1-13H;4-6H2,1-3H3/q-1;/p+1. The van der Waals surface area contributed by atoms with Crippen molar-refractivity contribution in [3.8, 4) is 23.0 Å². The topological polar surface area (TPSA) is 41.4 Å². The number of hydrogen-bond acceptors (Lipinski definition) is 4. The molecule has 0 aliphatic carbocycles. The van der Waals surface area contributed by atoms with E-state index >= 15 is 0 Å². The van der Waals surface area contributed by atoms with Crippen LogP contribution in [0.3, 0.4) is 0 Å². The molecule has 0 amide bonds. The van der Waals surface area contributed by atoms with Crippen molar-refractivity contribution in [3.05, 3.63) is 78.9 Å². The predicted octanol–water partition coefficient (Wildman–Crippen LogP) is 3.16. The summed E-state index contributed by atoms with van der Waals surface area (Å²) in [7, 11) is -4.31. The van der Waals surface area contributed by atoms with Crippen LogP contribution in [-0.2, 0) is 0 Å². The molecular weight excluding hydrogens is 394 g/mol. The number of rotatable bonds is 4. The van der Waals surface area contributed by atoms with E-state index in [0.29, 0.717) is 23.0 Å². The third-order valence-corrected chi connectivity index (χ3v) is 9.15. The summed E-state index contributed by atoms with van der Waals surface area (Å²) < 4.78 is 25.2. The van der Waals surface area contributed by atoms with Gasteiger partial charge in [0.1, 0.15) is 0 Å². The van der Waals surface area contributed by atoms with E-state index in [2.05, 4.69) is 20.8 Å². The summed E-state index contributed by atoms with van der Waals surface area (Å²) in [6.07, 6.45) is 0. The molecule has 0 unspecified atom stereocenters. The van der Waals surface area contributed by atoms with Crippen molar-refractivity contribution in [1.29, 1.82) is 0 Å². The van der Waals surface area contributed by atoms with Gasteiger partial charge in [-0.3, -0.25) is 0 Å². The van der Waals surface area contributed by atoms with Gasteiger partial charge in [0.05, 0.1) is 19.6 Å². The van der Waals surface area contributed by atoms with Crippen molar-refractivity contribution >= 4 is 13.5 Å². The molecule has 1 spiro atoms. The summed E-state index contributed by atoms with van der Waals surface area (Å²) in [5.74, 6) is 2.55. The number of fused-ring (bicyclic) bond motifs is 2. The van der Waals surface area contributed by atoms with Crippen molar-refractivity contribution in [2.24, 2.45) is 0 Å². The summed E-state index contributed by atoms with van der Waals surface area (Å²) >= 11 is 0. The Kier molecular flexibility index (Phi) is 5.45. The van der Waals surface area contributed by atoms with Gasteiger partial charge < -0.3 is 4.90 Å². The van der Waals surface area contributed by atoms with Gasteiger partial charge in [0.15, 0.2) is 0 Å². The first-order valence-electron chi connectivity index (χ1n) is 10.6. The van der Waals surface area contributed by atoms with E-state index in [-0.39, 0.29) is 0 Å². The molecule has 0 saturated carbocycles. The van der Waals surface area contributed by atoms with Crippen molar-refractivity contribution in [2.75, 3.05) is 19.6 Å². The van der Waals surface area contributed by atoms with Gasteiger partial charge in [0, 0.05) is 0 Å². The van der Waals surface area contributed by atoms with Crippen LogP contribution < -0.4 is 27.8 Å². The zero-order valence-corrected chi connectivity index (χ0v) is 18.8. The Morgan fingerprint density at radius 2 is 0.867 bits per heavy atom. The second-order valence-corrected chi connectivity index (χ2v) is 10.6. The Hall–Kier alpha value is -2.96. The Morgan fingerprint density at radius 3 is 1.17 bits per heavy atom. The van der Waals surface area contributed by atoms with Crippen LogP contribution in [-0.4, -0.2) is 28.0 Å². The molecule has 5 nitrogen and oxygen atoms in total. The Morgan fingerprint density at radius 1 is 0.533 bits per heavy atom. The first-order chi connectivity index (χ1) is 14.6. The molecular formula is C24H29NO4Si. The fraction of sp³-hybridized carbons (Fsp3) is 0.250. The van der Waals surface area contributed by atoms with Gasteiger partial charge in [-0.2, -0.15) is 0 Å². The molecule has 1 N–H and O–H groups in total. The number of hydrogen-bond donors (Lipinski definition) is 1. The molecule has 2 heterocycles. The minimum atomic E-state index is -4.31. The molecule has 0 aromatic heterocycles. The van der Waals surface area contributed by atoms with Gasteiger partial charge in [-0.1, -0.05) is 0 Å². The average Bonchev–Trinajstić information content (AvgIpc) is 3.31. The first-order valence-corrected chi connectivity index (χ1v) is 12.8. The van der Waals surface area contributed by atoms with E-state index in [1.807, 2.05) is 78.9 Å². The van der Waals surface area contributed by atoms with E-state index < -0.39 is 8.33 Å². The van der Waals surface area contributed by atoms with Crippen LogP contribution in [0.15, 0.2) is 78.9 Å². The average molecular weight is 424 g/mol. The zero-order valence-electron chi connectivity index (χ0n) is 17.8. The molecule has 0 atom stereocenters. The fourth-order valence-electron chi connectivity index (χ4n) is 3.82. The molecule has 5 rings (SSSR count). The number of benzene rings is 3. The number of para-hydroxylation sites is 4. The summed E-state index contributed by atoms with van der Waals surface area (Å²) in [5, 5.41) is 0.778. The molecule has 158 valence electrons. The van der Waals surface area contributed by atoms with E-state index in [1.54, 1.807) is 4.90 Å². The van der Waals surface area contributed by atoms with Gasteiger partial charge >= 0.3 is 133 Å². The van der Waals surface area contributed by atoms with Crippen LogP contribution in [0.1, 0.15) is 20.8 Å². The normalized spacial score (nSPS) is 17.7. The minimum absolute atomic E-state index is 0.637. The number of nitrogens with one attached hydrogen (secondary N) is 1. The van der Waals surface area contributed by atoms with E-state index in [0.717, 1.165) is 5.19 Å². The van der Waals surface area contributed by atoms with Crippen LogP contribution in [0.5, 0.6) is 23.0 Å². The van der Waals surface area contributed by atoms with Crippen molar-refractivity contribution < 1.29 is 22.6 Å². The molecule has 0 bridgehead atoms. The van der Waals surface area contributed by atoms with Gasteiger partial charge in [-0.25, -0.2) is 0 Å². The molecule has 3 aromatic carbocycles. The van der Waals surface area contributed by atoms with Gasteiger partial charge in [0.25, 0.3) is 0 Å². The van der Waals surface area contributed by atoms with Crippen molar-refractivity contribution in [2.45, 2.75) is 20.8 Å². The summed E-state index contributed by atoms with van der Waals surface area (Å²) in [6.45, 7) is 10.5. The maximum atomic E-state index is 6.30. The van der Waals surface area contributed by atoms with Gasteiger partial charge in [0.2, 0.25) is 0 Å². The van der Waals surface area contributed by atoms with Crippen molar-refractivity contribution in [1.82, 2.24) is 0 Å². The summed E-state index contributed by atoms with van der Waals surface area (Å²) in [6, 6.07) is 24.7. The van der Waals surface area contributed by atoms with Crippen LogP contribution >= 0.6 is 0 Å². The van der Waals surface area contributed by atoms with Crippen molar-refractivity contribution in [3.63, 3.8) is 0 Å². The predicted molar refractivity (Wildman–Crippen MR) is 120 cm³/mol. The zero-order chi connectivity index (χ0) is 21.1. The molecule has 0 saturated heterocycles. The van der Waals surface area contributed by atoms with E-state index in [4.69, 9.17) is 17.7 Å². The van der Waals surface area contributed by atoms with Gasteiger partial charge in [-0.15, -0.1) is 0 Å². The third-order valence-electron chi connectivity index (χ3n) is 5.59. The van der Waals surface area contributed by atoms with Crippen LogP contribution in [0.2, 0.25) is 0 Å². The molecule has 6 heteroatoms. The molecule has 2 aliphatic heterocycles. The van der Waals surface area contributed by atoms with Crippen LogP contribution in [0, 0.1) is 0 Å². The van der Waals surface area contributed by atoms with E-state index in [9.17, 15) is 0 Å². The summed E-state index contributed by atoms with van der Waals surface area (Å²) in [5.41, 5.74) is 0. The Bertz CT molecular complexity index is 888. The monoisotopic (exact) mass is 423 g/mol. The molecule has 30 heavy (non-hydrogen) atoms. The van der Waals surface area contributed by atoms with Crippen LogP contribution in [0.25, 0.3) is 0 Å². The fourth-order valence-corrected chi connectivity index (χ4v) is 7.47. The molecule has 3 aromatic rings. The third kappa shape index (κ3) is 3.42. The van der Waals surface area contributed by atoms with Gasteiger partial charge in [-0.05, 0) is 20.8 Å². The first kappa shape index (κ1) is 20.3. The Labute approximate surface area is 178 Å². The SMILES string of the molecule is CC[NH+](CC)CC.c1ccc([Si-]23(Oc4ccccc4O2)Oc2ccccc2O3)cc1. The Balaban J connectivity index is 0.000000272.